The minimum absolute atomic E-state index is 0.329. The van der Waals surface area contributed by atoms with E-state index in [0.29, 0.717) is 18.0 Å². The van der Waals surface area contributed by atoms with Crippen LogP contribution < -0.4 is 14.4 Å². The molecule has 1 N–H and O–H groups in total. The maximum absolute atomic E-state index is 12.5. The van der Waals surface area contributed by atoms with Crippen LogP contribution in [0.25, 0.3) is 0 Å². The maximum Gasteiger partial charge on any atom is 0.243 e. The summed E-state index contributed by atoms with van der Waals surface area (Å²) in [6.45, 7) is 2.07. The summed E-state index contributed by atoms with van der Waals surface area (Å²) in [5, 5.41) is 2.83. The Morgan fingerprint density at radius 3 is 2.30 bits per heavy atom. The average molecular weight is 391 g/mol. The lowest BCUT2D eigenvalue weighted by molar-refractivity contribution is -0.121. The molecule has 27 heavy (non-hydrogen) atoms. The number of aryl methyl sites for hydroxylation is 1. The third kappa shape index (κ3) is 5.99. The fourth-order valence-corrected chi connectivity index (χ4v) is 4.01. The Bertz CT molecular complexity index is 836. The predicted molar refractivity (Wildman–Crippen MR) is 108 cm³/mol. The second-order valence-corrected chi connectivity index (χ2v) is 8.17. The van der Waals surface area contributed by atoms with E-state index in [1.54, 1.807) is 31.2 Å². The van der Waals surface area contributed by atoms with Gasteiger partial charge < -0.3 is 10.1 Å². The molecular weight excluding hydrogens is 364 g/mol. The summed E-state index contributed by atoms with van der Waals surface area (Å²) in [7, 11) is -2.09. The zero-order chi connectivity index (χ0) is 19.9. The fourth-order valence-electron chi connectivity index (χ4n) is 2.83. The Morgan fingerprint density at radius 2 is 1.74 bits per heavy atom. The Kier molecular flexibility index (Phi) is 7.24. The quantitative estimate of drug-likeness (QED) is 0.668. The van der Waals surface area contributed by atoms with E-state index < -0.39 is 16.1 Å². The van der Waals surface area contributed by atoms with Crippen LogP contribution in [0.3, 0.4) is 0 Å². The van der Waals surface area contributed by atoms with Crippen molar-refractivity contribution in [3.05, 3.63) is 60.2 Å². The van der Waals surface area contributed by atoms with Gasteiger partial charge in [-0.05, 0) is 49.6 Å². The first-order valence-electron chi connectivity index (χ1n) is 8.78. The van der Waals surface area contributed by atoms with Gasteiger partial charge in [0.15, 0.2) is 0 Å². The van der Waals surface area contributed by atoms with E-state index in [1.165, 1.54) is 12.7 Å². The van der Waals surface area contributed by atoms with E-state index in [4.69, 9.17) is 4.74 Å². The van der Waals surface area contributed by atoms with Crippen LogP contribution in [0.1, 0.15) is 18.9 Å². The Morgan fingerprint density at radius 1 is 1.11 bits per heavy atom. The molecule has 0 bridgehead atoms. The van der Waals surface area contributed by atoms with Crippen LogP contribution >= 0.6 is 0 Å². The molecule has 0 heterocycles. The molecule has 2 aromatic rings. The zero-order valence-electron chi connectivity index (χ0n) is 15.9. The first-order chi connectivity index (χ1) is 12.8. The summed E-state index contributed by atoms with van der Waals surface area (Å²) in [6.07, 6.45) is 2.73. The molecule has 6 nitrogen and oxygen atoms in total. The summed E-state index contributed by atoms with van der Waals surface area (Å²) in [5.41, 5.74) is 1.63. The molecule has 0 aliphatic heterocycles. The predicted octanol–water partition coefficient (Wildman–Crippen LogP) is 2.60. The van der Waals surface area contributed by atoms with Gasteiger partial charge >= 0.3 is 0 Å². The van der Waals surface area contributed by atoms with Crippen molar-refractivity contribution >= 4 is 21.6 Å². The van der Waals surface area contributed by atoms with E-state index in [2.05, 4.69) is 5.32 Å². The highest BCUT2D eigenvalue weighted by Gasteiger charge is 2.28. The van der Waals surface area contributed by atoms with Gasteiger partial charge in [-0.15, -0.1) is 0 Å². The van der Waals surface area contributed by atoms with Gasteiger partial charge in [0, 0.05) is 6.54 Å². The molecule has 1 amide bonds. The fraction of sp³-hybridized carbons (Fsp3) is 0.350. The van der Waals surface area contributed by atoms with Crippen molar-refractivity contribution in [1.29, 1.82) is 0 Å². The number of benzene rings is 2. The minimum atomic E-state index is -3.62. The number of sulfonamides is 1. The van der Waals surface area contributed by atoms with Crippen LogP contribution in [0.5, 0.6) is 5.75 Å². The summed E-state index contributed by atoms with van der Waals surface area (Å²) >= 11 is 0. The number of carbonyl (C=O) groups excluding carboxylic acids is 1. The molecule has 1 atom stereocenters. The van der Waals surface area contributed by atoms with Crippen molar-refractivity contribution in [2.75, 3.05) is 24.2 Å². The SMILES string of the molecule is COc1ccc(N([C@@H](C)C(=O)NCCCc2ccccc2)S(C)(=O)=O)cc1. The molecule has 2 aromatic carbocycles. The average Bonchev–Trinajstić information content (AvgIpc) is 2.65. The number of hydrogen-bond donors (Lipinski definition) is 1. The van der Waals surface area contributed by atoms with Crippen LogP contribution in [0.4, 0.5) is 5.69 Å². The van der Waals surface area contributed by atoms with Gasteiger partial charge in [0.2, 0.25) is 15.9 Å². The number of methoxy groups -OCH3 is 1. The van der Waals surface area contributed by atoms with Gasteiger partial charge in [-0.1, -0.05) is 30.3 Å². The van der Waals surface area contributed by atoms with Gasteiger partial charge in [-0.2, -0.15) is 0 Å². The molecule has 0 aliphatic carbocycles. The normalized spacial score (nSPS) is 12.3. The standard InChI is InChI=1S/C20H26N2O4S/c1-16(20(23)21-15-7-10-17-8-5-4-6-9-17)22(27(3,24)25)18-11-13-19(26-2)14-12-18/h4-6,8-9,11-14,16H,7,10,15H2,1-3H3,(H,21,23)/t16-/m0/s1. The zero-order valence-corrected chi connectivity index (χ0v) is 16.7. The molecular formula is C20H26N2O4S. The van der Waals surface area contributed by atoms with E-state index >= 15 is 0 Å². The lowest BCUT2D eigenvalue weighted by Gasteiger charge is -2.28. The number of amides is 1. The Labute approximate surface area is 161 Å². The molecule has 0 saturated carbocycles. The molecule has 0 unspecified atom stereocenters. The summed E-state index contributed by atoms with van der Waals surface area (Å²) in [5.74, 6) is 0.287. The van der Waals surface area contributed by atoms with Gasteiger partial charge in [-0.3, -0.25) is 9.10 Å². The second-order valence-electron chi connectivity index (χ2n) is 6.31. The van der Waals surface area contributed by atoms with Crippen LogP contribution in [-0.4, -0.2) is 40.3 Å². The Balaban J connectivity index is 1.99. The first kappa shape index (κ1) is 20.8. The number of nitrogens with zero attached hydrogens (tertiary/aromatic N) is 1. The number of rotatable bonds is 9. The van der Waals surface area contributed by atoms with Crippen molar-refractivity contribution in [3.8, 4) is 5.75 Å². The lowest BCUT2D eigenvalue weighted by atomic mass is 10.1. The lowest BCUT2D eigenvalue weighted by Crippen LogP contribution is -2.48. The van der Waals surface area contributed by atoms with Crippen LogP contribution in [-0.2, 0) is 21.2 Å². The van der Waals surface area contributed by atoms with Gasteiger partial charge in [-0.25, -0.2) is 8.42 Å². The van der Waals surface area contributed by atoms with E-state index in [1.807, 2.05) is 30.3 Å². The molecule has 0 radical (unpaired) electrons. The highest BCUT2D eigenvalue weighted by Crippen LogP contribution is 2.23. The number of hydrogen-bond acceptors (Lipinski definition) is 4. The first-order valence-corrected chi connectivity index (χ1v) is 10.6. The largest absolute Gasteiger partial charge is 0.497 e. The maximum atomic E-state index is 12.5. The van der Waals surface area contributed by atoms with E-state index in [9.17, 15) is 13.2 Å². The van der Waals surface area contributed by atoms with Gasteiger partial charge in [0.05, 0.1) is 19.1 Å². The van der Waals surface area contributed by atoms with Crippen molar-refractivity contribution < 1.29 is 17.9 Å². The number of anilines is 1. The number of carbonyl (C=O) groups is 1. The van der Waals surface area contributed by atoms with E-state index in [-0.39, 0.29) is 5.91 Å². The van der Waals surface area contributed by atoms with Crippen LogP contribution in [0, 0.1) is 0 Å². The molecule has 0 aliphatic rings. The molecule has 0 saturated heterocycles. The molecule has 7 heteroatoms. The molecule has 0 fully saturated rings. The summed E-state index contributed by atoms with van der Waals surface area (Å²) in [6, 6.07) is 15.7. The highest BCUT2D eigenvalue weighted by molar-refractivity contribution is 7.92. The smallest absolute Gasteiger partial charge is 0.243 e. The third-order valence-electron chi connectivity index (χ3n) is 4.20. The molecule has 2 rings (SSSR count). The van der Waals surface area contributed by atoms with E-state index in [0.717, 1.165) is 23.4 Å². The minimum Gasteiger partial charge on any atom is -0.497 e. The second kappa shape index (κ2) is 9.41. The molecule has 0 aromatic heterocycles. The third-order valence-corrected chi connectivity index (χ3v) is 5.44. The molecule has 0 spiro atoms. The summed E-state index contributed by atoms with van der Waals surface area (Å²) in [4.78, 5) is 12.5. The number of ether oxygens (including phenoxy) is 1. The van der Waals surface area contributed by atoms with Gasteiger partial charge in [0.1, 0.15) is 11.8 Å². The van der Waals surface area contributed by atoms with Gasteiger partial charge in [0.25, 0.3) is 0 Å². The van der Waals surface area contributed by atoms with Crippen LogP contribution in [0.15, 0.2) is 54.6 Å². The van der Waals surface area contributed by atoms with Crippen molar-refractivity contribution in [3.63, 3.8) is 0 Å². The van der Waals surface area contributed by atoms with Crippen LogP contribution in [0.2, 0.25) is 0 Å². The van der Waals surface area contributed by atoms with Crippen molar-refractivity contribution in [2.24, 2.45) is 0 Å². The summed E-state index contributed by atoms with van der Waals surface area (Å²) < 4.78 is 30.7. The topological polar surface area (TPSA) is 75.7 Å². The molecule has 146 valence electrons. The Hall–Kier alpha value is -2.54. The monoisotopic (exact) mass is 390 g/mol. The highest BCUT2D eigenvalue weighted by atomic mass is 32.2. The number of nitrogens with one attached hydrogen (secondary N) is 1. The van der Waals surface area contributed by atoms with Crippen molar-refractivity contribution in [1.82, 2.24) is 5.32 Å². The van der Waals surface area contributed by atoms with Crippen molar-refractivity contribution in [2.45, 2.75) is 25.8 Å².